The van der Waals surface area contributed by atoms with Crippen LogP contribution in [0.15, 0.2) is 12.1 Å². The summed E-state index contributed by atoms with van der Waals surface area (Å²) < 4.78 is 43.7. The molecule has 3 atom stereocenters. The lowest BCUT2D eigenvalue weighted by Gasteiger charge is -2.33. The van der Waals surface area contributed by atoms with E-state index >= 15 is 0 Å². The number of fused-ring (bicyclic) bond motifs is 1. The molecule has 0 spiro atoms. The fourth-order valence-corrected chi connectivity index (χ4v) is 4.64. The molecule has 1 saturated heterocycles. The van der Waals surface area contributed by atoms with Crippen LogP contribution in [0.1, 0.15) is 61.6 Å². The molecular formula is C21H29F3N6O. The third-order valence-corrected chi connectivity index (χ3v) is 6.36. The summed E-state index contributed by atoms with van der Waals surface area (Å²) in [5.74, 6) is 0.311. The first kappa shape index (κ1) is 21.7. The molecule has 1 fully saturated rings. The van der Waals surface area contributed by atoms with Crippen LogP contribution in [-0.4, -0.2) is 55.7 Å². The molecule has 1 unspecified atom stereocenters. The van der Waals surface area contributed by atoms with Crippen LogP contribution in [0.3, 0.4) is 0 Å². The van der Waals surface area contributed by atoms with Gasteiger partial charge in [0.15, 0.2) is 6.04 Å². The second-order valence-corrected chi connectivity index (χ2v) is 8.71. The Morgan fingerprint density at radius 1 is 1.26 bits per heavy atom. The van der Waals surface area contributed by atoms with E-state index in [1.165, 1.54) is 0 Å². The minimum atomic E-state index is -4.35. The quantitative estimate of drug-likeness (QED) is 0.789. The molecule has 2 aromatic rings. The van der Waals surface area contributed by atoms with Crippen LogP contribution in [0, 0.1) is 13.8 Å². The Balaban J connectivity index is 1.51. The number of carbonyl (C=O) groups is 1. The van der Waals surface area contributed by atoms with Crippen molar-refractivity contribution in [3.8, 4) is 0 Å². The van der Waals surface area contributed by atoms with E-state index in [-0.39, 0.29) is 30.8 Å². The van der Waals surface area contributed by atoms with Crippen LogP contribution < -0.4 is 5.32 Å². The summed E-state index contributed by atoms with van der Waals surface area (Å²) in [5, 5.41) is 11.9. The molecule has 31 heavy (non-hydrogen) atoms. The lowest BCUT2D eigenvalue weighted by molar-refractivity contribution is -0.173. The average molecular weight is 438 g/mol. The third-order valence-electron chi connectivity index (χ3n) is 6.36. The Kier molecular flexibility index (Phi) is 5.74. The van der Waals surface area contributed by atoms with Crippen molar-refractivity contribution in [1.29, 1.82) is 0 Å². The summed E-state index contributed by atoms with van der Waals surface area (Å²) in [4.78, 5) is 14.6. The number of anilines is 1. The zero-order valence-corrected chi connectivity index (χ0v) is 18.1. The predicted octanol–water partition coefficient (Wildman–Crippen LogP) is 3.80. The van der Waals surface area contributed by atoms with Crippen molar-refractivity contribution >= 4 is 11.7 Å². The monoisotopic (exact) mass is 438 g/mol. The van der Waals surface area contributed by atoms with Gasteiger partial charge in [-0.3, -0.25) is 9.48 Å². The number of alkyl halides is 3. The lowest BCUT2D eigenvalue weighted by Crippen LogP contribution is -2.41. The second-order valence-electron chi connectivity index (χ2n) is 8.71. The Morgan fingerprint density at radius 3 is 2.68 bits per heavy atom. The molecule has 2 aliphatic rings. The number of carbonyl (C=O) groups excluding carboxylic acids is 1. The van der Waals surface area contributed by atoms with Crippen LogP contribution in [0.4, 0.5) is 19.0 Å². The van der Waals surface area contributed by atoms with Gasteiger partial charge in [0.05, 0.1) is 11.4 Å². The highest BCUT2D eigenvalue weighted by Gasteiger charge is 2.46. The van der Waals surface area contributed by atoms with E-state index in [1.807, 2.05) is 26.8 Å². The molecule has 4 heterocycles. The summed E-state index contributed by atoms with van der Waals surface area (Å²) in [7, 11) is 0. The smallest absolute Gasteiger partial charge is 0.367 e. The van der Waals surface area contributed by atoms with E-state index < -0.39 is 12.2 Å². The number of halogens is 3. The zero-order chi connectivity index (χ0) is 22.3. The number of rotatable bonds is 4. The Bertz CT molecular complexity index is 950. The van der Waals surface area contributed by atoms with E-state index in [0.717, 1.165) is 28.9 Å². The van der Waals surface area contributed by atoms with Gasteiger partial charge in [0.1, 0.15) is 12.4 Å². The van der Waals surface area contributed by atoms with E-state index in [9.17, 15) is 18.0 Å². The van der Waals surface area contributed by atoms with Gasteiger partial charge >= 0.3 is 6.18 Å². The first-order valence-electron chi connectivity index (χ1n) is 10.9. The van der Waals surface area contributed by atoms with Gasteiger partial charge in [-0.15, -0.1) is 0 Å². The maximum Gasteiger partial charge on any atom is 0.410 e. The van der Waals surface area contributed by atoms with Crippen LogP contribution in [0.5, 0.6) is 0 Å². The van der Waals surface area contributed by atoms with Crippen molar-refractivity contribution < 1.29 is 18.0 Å². The van der Waals surface area contributed by atoms with Gasteiger partial charge in [-0.2, -0.15) is 23.4 Å². The van der Waals surface area contributed by atoms with Gasteiger partial charge < -0.3 is 10.2 Å². The van der Waals surface area contributed by atoms with Crippen LogP contribution in [0.25, 0.3) is 0 Å². The minimum Gasteiger partial charge on any atom is -0.367 e. The molecule has 0 radical (unpaired) electrons. The van der Waals surface area contributed by atoms with Gasteiger partial charge in [-0.1, -0.05) is 6.92 Å². The van der Waals surface area contributed by atoms with Gasteiger partial charge in [0.25, 0.3) is 0 Å². The van der Waals surface area contributed by atoms with Crippen LogP contribution >= 0.6 is 0 Å². The number of hydrogen-bond donors (Lipinski definition) is 1. The standard InChI is InChI=1S/C21H29F3N6O/c1-4-16-9-18(21(22,23)24)30-19(25-16)10-17(27-30)15-6-5-7-28(11-15)20(31)12-29-14(3)8-13(2)26-29/h8,10,15-16,18,25H,4-7,9,11-12H2,1-3H3/t15?,16-,18-/m1/s1. The highest BCUT2D eigenvalue weighted by atomic mass is 19.4. The number of likely N-dealkylation sites (tertiary alicyclic amines) is 1. The molecule has 1 amide bonds. The molecule has 0 aliphatic carbocycles. The summed E-state index contributed by atoms with van der Waals surface area (Å²) in [5.41, 5.74) is 2.41. The molecule has 7 nitrogen and oxygen atoms in total. The van der Waals surface area contributed by atoms with E-state index in [1.54, 1.807) is 15.6 Å². The van der Waals surface area contributed by atoms with Gasteiger partial charge in [-0.25, -0.2) is 4.68 Å². The first-order chi connectivity index (χ1) is 14.7. The summed E-state index contributed by atoms with van der Waals surface area (Å²) >= 11 is 0. The van der Waals surface area contributed by atoms with Crippen LogP contribution in [-0.2, 0) is 11.3 Å². The van der Waals surface area contributed by atoms with Gasteiger partial charge in [0, 0.05) is 36.8 Å². The third kappa shape index (κ3) is 4.43. The van der Waals surface area contributed by atoms with Crippen LogP contribution in [0.2, 0.25) is 0 Å². The van der Waals surface area contributed by atoms with Crippen molar-refractivity contribution in [3.05, 3.63) is 29.2 Å². The number of hydrogen-bond acceptors (Lipinski definition) is 4. The fourth-order valence-electron chi connectivity index (χ4n) is 4.64. The molecule has 2 aliphatic heterocycles. The highest BCUT2D eigenvalue weighted by molar-refractivity contribution is 5.76. The number of amides is 1. The largest absolute Gasteiger partial charge is 0.410 e. The number of nitrogens with zero attached hydrogens (tertiary/aromatic N) is 5. The number of nitrogens with one attached hydrogen (secondary N) is 1. The zero-order valence-electron chi connectivity index (χ0n) is 18.1. The molecule has 2 aromatic heterocycles. The molecule has 0 saturated carbocycles. The topological polar surface area (TPSA) is 68.0 Å². The molecule has 1 N–H and O–H groups in total. The van der Waals surface area contributed by atoms with E-state index in [0.29, 0.717) is 31.0 Å². The van der Waals surface area contributed by atoms with Crippen molar-refractivity contribution in [1.82, 2.24) is 24.5 Å². The minimum absolute atomic E-state index is 0.0218. The average Bonchev–Trinajstić information content (AvgIpc) is 3.28. The molecule has 10 heteroatoms. The van der Waals surface area contributed by atoms with E-state index in [2.05, 4.69) is 15.5 Å². The molecular weight excluding hydrogens is 409 g/mol. The Morgan fingerprint density at radius 2 is 2.03 bits per heavy atom. The first-order valence-corrected chi connectivity index (χ1v) is 10.9. The van der Waals surface area contributed by atoms with Gasteiger partial charge in [0.2, 0.25) is 5.91 Å². The Hall–Kier alpha value is -2.52. The van der Waals surface area contributed by atoms with Crippen molar-refractivity contribution in [2.24, 2.45) is 0 Å². The highest BCUT2D eigenvalue weighted by Crippen LogP contribution is 2.41. The molecule has 0 bridgehead atoms. The maximum absolute atomic E-state index is 13.6. The van der Waals surface area contributed by atoms with Crippen molar-refractivity contribution in [2.75, 3.05) is 18.4 Å². The van der Waals surface area contributed by atoms with Crippen molar-refractivity contribution in [2.45, 2.75) is 77.2 Å². The van der Waals surface area contributed by atoms with Crippen molar-refractivity contribution in [3.63, 3.8) is 0 Å². The number of aryl methyl sites for hydroxylation is 2. The molecule has 0 aromatic carbocycles. The number of aromatic nitrogens is 4. The summed E-state index contributed by atoms with van der Waals surface area (Å²) in [6, 6.07) is 1.82. The lowest BCUT2D eigenvalue weighted by atomic mass is 9.94. The Labute approximate surface area is 179 Å². The normalized spacial score (nSPS) is 24.1. The summed E-state index contributed by atoms with van der Waals surface area (Å²) in [6.45, 7) is 6.95. The van der Waals surface area contributed by atoms with Gasteiger partial charge in [-0.05, 0) is 45.6 Å². The fraction of sp³-hybridized carbons (Fsp3) is 0.667. The maximum atomic E-state index is 13.6. The predicted molar refractivity (Wildman–Crippen MR) is 110 cm³/mol. The van der Waals surface area contributed by atoms with E-state index in [4.69, 9.17) is 0 Å². The molecule has 170 valence electrons. The number of piperidine rings is 1. The SMILES string of the molecule is CC[C@@H]1C[C@H](C(F)(F)F)n2nc(C3CCCN(C(=O)Cn4nc(C)cc4C)C3)cc2N1. The molecule has 4 rings (SSSR count). The summed E-state index contributed by atoms with van der Waals surface area (Å²) in [6.07, 6.45) is -2.16. The second kappa shape index (κ2) is 8.20.